The molecule has 4 heterocycles. The molecular formula is C29H42N10O. The maximum Gasteiger partial charge on any atom is 0.317 e. The van der Waals surface area contributed by atoms with Crippen molar-refractivity contribution in [3.05, 3.63) is 48.2 Å². The number of amides is 2. The summed E-state index contributed by atoms with van der Waals surface area (Å²) in [6.07, 6.45) is 9.42. The highest BCUT2D eigenvalue weighted by Gasteiger charge is 2.27. The van der Waals surface area contributed by atoms with Crippen LogP contribution in [0.4, 0.5) is 22.2 Å². The Morgan fingerprint density at radius 1 is 1.02 bits per heavy atom. The summed E-state index contributed by atoms with van der Waals surface area (Å²) in [5, 5.41) is 23.1. The number of hydrogen-bond acceptors (Lipinski definition) is 8. The van der Waals surface area contributed by atoms with E-state index in [4.69, 9.17) is 16.1 Å². The van der Waals surface area contributed by atoms with E-state index in [0.717, 1.165) is 83.5 Å². The van der Waals surface area contributed by atoms with Gasteiger partial charge in [0.05, 0.1) is 0 Å². The number of likely N-dealkylation sites (tertiary alicyclic amines) is 2. The molecule has 0 spiro atoms. The maximum atomic E-state index is 12.8. The fraction of sp³-hybridized carbons (Fsp3) is 0.552. The number of nitrogens with two attached hydrogens (primary N) is 1. The van der Waals surface area contributed by atoms with E-state index < -0.39 is 0 Å². The Kier molecular flexibility index (Phi) is 9.10. The first kappa shape index (κ1) is 27.8. The Hall–Kier alpha value is -3.73. The van der Waals surface area contributed by atoms with Gasteiger partial charge in [0.2, 0.25) is 5.95 Å². The monoisotopic (exact) mass is 546 g/mol. The maximum absolute atomic E-state index is 12.8. The molecule has 3 fully saturated rings. The van der Waals surface area contributed by atoms with Gasteiger partial charge in [-0.2, -0.15) is 4.98 Å². The summed E-state index contributed by atoms with van der Waals surface area (Å²) >= 11 is 0. The summed E-state index contributed by atoms with van der Waals surface area (Å²) in [6, 6.07) is 8.46. The van der Waals surface area contributed by atoms with Crippen molar-refractivity contribution in [1.29, 1.82) is 5.41 Å². The van der Waals surface area contributed by atoms with Gasteiger partial charge < -0.3 is 26.2 Å². The average molecular weight is 547 g/mol. The summed E-state index contributed by atoms with van der Waals surface area (Å²) in [5.41, 5.74) is 8.23. The number of carbonyl (C=O) groups is 1. The summed E-state index contributed by atoms with van der Waals surface area (Å²) in [6.45, 7) is 10.0. The van der Waals surface area contributed by atoms with E-state index in [9.17, 15) is 4.79 Å². The van der Waals surface area contributed by atoms with Gasteiger partial charge in [0.25, 0.3) is 0 Å². The molecule has 11 nitrogen and oxygen atoms in total. The normalized spacial score (nSPS) is 20.6. The number of piperidine rings is 3. The molecule has 5 N–H and O–H groups in total. The first-order chi connectivity index (χ1) is 19.5. The van der Waals surface area contributed by atoms with Gasteiger partial charge in [0.1, 0.15) is 5.84 Å². The molecule has 0 unspecified atom stereocenters. The Bertz CT molecular complexity index is 1170. The summed E-state index contributed by atoms with van der Waals surface area (Å²) < 4.78 is 0. The molecule has 0 radical (unpaired) electrons. The van der Waals surface area contributed by atoms with Gasteiger partial charge in [0, 0.05) is 44.5 Å². The van der Waals surface area contributed by atoms with E-state index >= 15 is 0 Å². The molecule has 1 atom stereocenters. The van der Waals surface area contributed by atoms with Gasteiger partial charge in [-0.25, -0.2) is 4.79 Å². The molecule has 0 bridgehead atoms. The van der Waals surface area contributed by atoms with Crippen molar-refractivity contribution in [2.45, 2.75) is 56.9 Å². The van der Waals surface area contributed by atoms with E-state index in [1.807, 2.05) is 23.1 Å². The third-order valence-corrected chi connectivity index (χ3v) is 8.23. The quantitative estimate of drug-likeness (QED) is 0.224. The van der Waals surface area contributed by atoms with Crippen LogP contribution in [-0.2, 0) is 0 Å². The minimum absolute atomic E-state index is 0.0191. The lowest BCUT2D eigenvalue weighted by molar-refractivity contribution is 0.181. The number of urea groups is 1. The minimum Gasteiger partial charge on any atom is -0.382 e. The molecule has 1 aromatic carbocycles. The average Bonchev–Trinajstić information content (AvgIpc) is 2.98. The van der Waals surface area contributed by atoms with Crippen molar-refractivity contribution in [3.8, 4) is 0 Å². The molecule has 0 aliphatic carbocycles. The van der Waals surface area contributed by atoms with Crippen LogP contribution in [0.3, 0.4) is 0 Å². The number of nitrogens with zero attached hydrogens (tertiary/aromatic N) is 6. The number of amidine groups is 1. The van der Waals surface area contributed by atoms with Crippen LogP contribution in [0, 0.1) is 5.41 Å². The highest BCUT2D eigenvalue weighted by molar-refractivity contribution is 5.98. The predicted molar refractivity (Wildman–Crippen MR) is 158 cm³/mol. The number of nitrogens with one attached hydrogen (secondary N) is 3. The fourth-order valence-electron chi connectivity index (χ4n) is 5.97. The first-order valence-electron chi connectivity index (χ1n) is 14.6. The van der Waals surface area contributed by atoms with Crippen LogP contribution in [0.25, 0.3) is 0 Å². The molecule has 5 rings (SSSR count). The second-order valence-corrected chi connectivity index (χ2v) is 11.1. The number of aromatic nitrogens is 3. The Balaban J connectivity index is 1.24. The van der Waals surface area contributed by atoms with Crippen molar-refractivity contribution in [2.75, 3.05) is 56.0 Å². The number of rotatable bonds is 8. The largest absolute Gasteiger partial charge is 0.382 e. The van der Waals surface area contributed by atoms with Gasteiger partial charge in [-0.05, 0) is 81.6 Å². The van der Waals surface area contributed by atoms with Gasteiger partial charge in [-0.1, -0.05) is 18.2 Å². The minimum atomic E-state index is -0.192. The molecule has 40 heavy (non-hydrogen) atoms. The van der Waals surface area contributed by atoms with Gasteiger partial charge in [0.15, 0.2) is 11.5 Å². The molecule has 3 saturated heterocycles. The molecule has 1 aromatic heterocycles. The van der Waals surface area contributed by atoms with Crippen molar-refractivity contribution in [1.82, 2.24) is 30.3 Å². The Morgan fingerprint density at radius 2 is 1.77 bits per heavy atom. The molecule has 0 saturated carbocycles. The summed E-state index contributed by atoms with van der Waals surface area (Å²) in [5.74, 6) is 1.23. The summed E-state index contributed by atoms with van der Waals surface area (Å²) in [7, 11) is 0. The second-order valence-electron chi connectivity index (χ2n) is 11.1. The van der Waals surface area contributed by atoms with Gasteiger partial charge >= 0.3 is 6.03 Å². The number of carbonyl (C=O) groups excluding carboxylic acids is 1. The van der Waals surface area contributed by atoms with Gasteiger partial charge in [-0.15, -0.1) is 16.8 Å². The van der Waals surface area contributed by atoms with Crippen LogP contribution < -0.4 is 21.3 Å². The van der Waals surface area contributed by atoms with Crippen LogP contribution in [0.15, 0.2) is 36.9 Å². The van der Waals surface area contributed by atoms with E-state index in [2.05, 4.69) is 49.3 Å². The highest BCUT2D eigenvalue weighted by atomic mass is 16.2. The zero-order chi connectivity index (χ0) is 27.9. The van der Waals surface area contributed by atoms with Crippen LogP contribution in [0.5, 0.6) is 0 Å². The molecule has 214 valence electrons. The molecule has 11 heteroatoms. The van der Waals surface area contributed by atoms with Crippen LogP contribution in [-0.4, -0.2) is 88.7 Å². The first-order valence-corrected chi connectivity index (χ1v) is 14.6. The van der Waals surface area contributed by atoms with Crippen molar-refractivity contribution in [2.24, 2.45) is 5.73 Å². The number of anilines is 3. The standard InChI is InChI=1S/C29H42N10O/c1-2-14-37-18-12-22(13-19-37)21-8-10-23(11-9-21)32-27-25(26(30)31)35-36-28(34-27)39-17-6-7-24(20-39)33-29(40)38-15-4-3-5-16-38/h2,8-11,22,24H,1,3-7,12-20H2,(H3,30,31)(H,33,40)(H,32,34,36)/t24-/m1/s1. The van der Waals surface area contributed by atoms with Crippen LogP contribution >= 0.6 is 0 Å². The molecule has 3 aliphatic heterocycles. The lowest BCUT2D eigenvalue weighted by Crippen LogP contribution is -2.52. The smallest absolute Gasteiger partial charge is 0.317 e. The van der Waals surface area contributed by atoms with E-state index in [1.165, 1.54) is 12.0 Å². The lowest BCUT2D eigenvalue weighted by atomic mass is 9.89. The van der Waals surface area contributed by atoms with E-state index in [0.29, 0.717) is 24.2 Å². The summed E-state index contributed by atoms with van der Waals surface area (Å²) in [4.78, 5) is 23.9. The fourth-order valence-corrected chi connectivity index (χ4v) is 5.97. The number of nitrogen functional groups attached to an aromatic ring is 1. The third kappa shape index (κ3) is 6.88. The molecular weight excluding hydrogens is 504 g/mol. The number of benzene rings is 1. The van der Waals surface area contributed by atoms with Gasteiger partial charge in [-0.3, -0.25) is 10.3 Å². The van der Waals surface area contributed by atoms with Crippen molar-refractivity contribution < 1.29 is 4.79 Å². The Morgan fingerprint density at radius 3 is 2.48 bits per heavy atom. The highest BCUT2D eigenvalue weighted by Crippen LogP contribution is 2.30. The van der Waals surface area contributed by atoms with Crippen molar-refractivity contribution in [3.63, 3.8) is 0 Å². The van der Waals surface area contributed by atoms with E-state index in [-0.39, 0.29) is 23.6 Å². The topological polar surface area (TPSA) is 139 Å². The van der Waals surface area contributed by atoms with Crippen LogP contribution in [0.1, 0.15) is 62.1 Å². The molecule has 3 aliphatic rings. The number of hydrogen-bond donors (Lipinski definition) is 4. The molecule has 2 aromatic rings. The molecule has 2 amide bonds. The lowest BCUT2D eigenvalue weighted by Gasteiger charge is -2.35. The van der Waals surface area contributed by atoms with Crippen LogP contribution in [0.2, 0.25) is 0 Å². The predicted octanol–water partition coefficient (Wildman–Crippen LogP) is 3.43. The second kappa shape index (κ2) is 13.1. The van der Waals surface area contributed by atoms with E-state index in [1.54, 1.807) is 0 Å². The zero-order valence-corrected chi connectivity index (χ0v) is 23.3. The zero-order valence-electron chi connectivity index (χ0n) is 23.3. The third-order valence-electron chi connectivity index (χ3n) is 8.23. The SMILES string of the molecule is C=CCN1CCC(c2ccc(Nc3nc(N4CCC[C@@H](NC(=O)N5CCCCC5)C4)nnc3C(=N)N)cc2)CC1. The van der Waals surface area contributed by atoms with Crippen molar-refractivity contribution >= 4 is 29.3 Å². The Labute approximate surface area is 236 Å².